The van der Waals surface area contributed by atoms with Crippen molar-refractivity contribution in [3.05, 3.63) is 34.9 Å². The molecular weight excluding hydrogens is 278 g/mol. The van der Waals surface area contributed by atoms with Crippen LogP contribution in [0.5, 0.6) is 0 Å². The Labute approximate surface area is 112 Å². The van der Waals surface area contributed by atoms with Crippen molar-refractivity contribution in [2.24, 2.45) is 0 Å². The van der Waals surface area contributed by atoms with Gasteiger partial charge in [0.05, 0.1) is 6.61 Å². The molecule has 0 saturated carbocycles. The number of rotatable bonds is 5. The Balaban J connectivity index is 3.09. The third-order valence-corrected chi connectivity index (χ3v) is 2.45. The van der Waals surface area contributed by atoms with Gasteiger partial charge in [0.15, 0.2) is 6.10 Å². The predicted molar refractivity (Wildman–Crippen MR) is 60.9 cm³/mol. The highest BCUT2D eigenvalue weighted by molar-refractivity contribution is 5.88. The SMILES string of the molecule is CCOC(=O)C(O)C(O)c1cc(F)c(C(=O)O)c(F)c1. The van der Waals surface area contributed by atoms with Crippen LogP contribution < -0.4 is 0 Å². The first kappa shape index (κ1) is 16.0. The van der Waals surface area contributed by atoms with Gasteiger partial charge in [-0.05, 0) is 24.6 Å². The third-order valence-electron chi connectivity index (χ3n) is 2.45. The van der Waals surface area contributed by atoms with Gasteiger partial charge in [-0.15, -0.1) is 0 Å². The highest BCUT2D eigenvalue weighted by Crippen LogP contribution is 2.23. The second-order valence-corrected chi connectivity index (χ2v) is 3.81. The van der Waals surface area contributed by atoms with E-state index in [1.165, 1.54) is 6.92 Å². The molecule has 0 radical (unpaired) electrons. The lowest BCUT2D eigenvalue weighted by atomic mass is 10.0. The van der Waals surface area contributed by atoms with Gasteiger partial charge >= 0.3 is 11.9 Å². The predicted octanol–water partition coefficient (Wildman–Crippen LogP) is 0.620. The van der Waals surface area contributed by atoms with Gasteiger partial charge in [-0.1, -0.05) is 0 Å². The summed E-state index contributed by atoms with van der Waals surface area (Å²) < 4.78 is 31.2. The number of aliphatic hydroxyl groups excluding tert-OH is 2. The fourth-order valence-corrected chi connectivity index (χ4v) is 1.51. The Morgan fingerprint density at radius 2 is 1.75 bits per heavy atom. The van der Waals surface area contributed by atoms with E-state index in [9.17, 15) is 28.6 Å². The quantitative estimate of drug-likeness (QED) is 0.687. The Kier molecular flexibility index (Phi) is 5.12. The van der Waals surface area contributed by atoms with E-state index < -0.39 is 46.9 Å². The van der Waals surface area contributed by atoms with E-state index >= 15 is 0 Å². The number of ether oxygens (including phenoxy) is 1. The molecule has 110 valence electrons. The van der Waals surface area contributed by atoms with Crippen LogP contribution in [0.1, 0.15) is 28.9 Å². The Morgan fingerprint density at radius 3 is 2.15 bits per heavy atom. The monoisotopic (exact) mass is 290 g/mol. The fraction of sp³-hybridized carbons (Fsp3) is 0.333. The normalized spacial score (nSPS) is 13.7. The van der Waals surface area contributed by atoms with Crippen LogP contribution in [0.3, 0.4) is 0 Å². The molecule has 0 bridgehead atoms. The molecule has 8 heteroatoms. The number of carboxylic acids is 1. The van der Waals surface area contributed by atoms with Crippen LogP contribution in [-0.2, 0) is 9.53 Å². The summed E-state index contributed by atoms with van der Waals surface area (Å²) in [6.45, 7) is 1.42. The largest absolute Gasteiger partial charge is 0.477 e. The van der Waals surface area contributed by atoms with Crippen molar-refractivity contribution in [2.75, 3.05) is 6.61 Å². The summed E-state index contributed by atoms with van der Waals surface area (Å²) in [5.41, 5.74) is -1.67. The minimum atomic E-state index is -2.04. The van der Waals surface area contributed by atoms with Crippen molar-refractivity contribution in [2.45, 2.75) is 19.1 Å². The first-order chi connectivity index (χ1) is 9.29. The van der Waals surface area contributed by atoms with E-state index in [2.05, 4.69) is 4.74 Å². The van der Waals surface area contributed by atoms with Crippen molar-refractivity contribution in [3.8, 4) is 0 Å². The molecule has 0 aliphatic rings. The van der Waals surface area contributed by atoms with Crippen LogP contribution in [-0.4, -0.2) is 40.0 Å². The van der Waals surface area contributed by atoms with E-state index in [0.29, 0.717) is 12.1 Å². The van der Waals surface area contributed by atoms with Crippen molar-refractivity contribution in [1.82, 2.24) is 0 Å². The number of carbonyl (C=O) groups excluding carboxylic acids is 1. The molecule has 2 unspecified atom stereocenters. The standard InChI is InChI=1S/C12H12F2O6/c1-2-20-12(19)10(16)9(15)5-3-6(13)8(11(17)18)7(14)4-5/h3-4,9-10,15-16H,2H2,1H3,(H,17,18). The third kappa shape index (κ3) is 3.28. The zero-order chi connectivity index (χ0) is 15.4. The molecule has 0 spiro atoms. The highest BCUT2D eigenvalue weighted by atomic mass is 19.1. The molecule has 0 saturated heterocycles. The zero-order valence-electron chi connectivity index (χ0n) is 10.3. The van der Waals surface area contributed by atoms with Crippen LogP contribution in [0.2, 0.25) is 0 Å². The molecule has 1 aromatic carbocycles. The van der Waals surface area contributed by atoms with Crippen LogP contribution >= 0.6 is 0 Å². The smallest absolute Gasteiger partial charge is 0.341 e. The molecule has 0 aliphatic carbocycles. The van der Waals surface area contributed by atoms with E-state index in [-0.39, 0.29) is 6.61 Å². The summed E-state index contributed by atoms with van der Waals surface area (Å²) in [5, 5.41) is 27.7. The number of carboxylic acid groups (broad SMARTS) is 1. The van der Waals surface area contributed by atoms with Crippen molar-refractivity contribution in [1.29, 1.82) is 0 Å². The number of esters is 1. The number of aromatic carboxylic acids is 1. The first-order valence-corrected chi connectivity index (χ1v) is 5.54. The average Bonchev–Trinajstić information content (AvgIpc) is 2.35. The molecule has 2 atom stereocenters. The first-order valence-electron chi connectivity index (χ1n) is 5.54. The number of halogens is 2. The fourth-order valence-electron chi connectivity index (χ4n) is 1.51. The number of carbonyl (C=O) groups is 2. The lowest BCUT2D eigenvalue weighted by Gasteiger charge is -2.17. The summed E-state index contributed by atoms with van der Waals surface area (Å²) in [7, 11) is 0. The highest BCUT2D eigenvalue weighted by Gasteiger charge is 2.29. The number of aliphatic hydroxyl groups is 2. The molecular formula is C12H12F2O6. The summed E-state index contributed by atoms with van der Waals surface area (Å²) in [6.07, 6.45) is -3.98. The maximum Gasteiger partial charge on any atom is 0.341 e. The van der Waals surface area contributed by atoms with E-state index in [1.54, 1.807) is 0 Å². The van der Waals surface area contributed by atoms with Crippen molar-refractivity contribution >= 4 is 11.9 Å². The van der Waals surface area contributed by atoms with E-state index in [1.807, 2.05) is 0 Å². The van der Waals surface area contributed by atoms with Crippen LogP contribution in [0.4, 0.5) is 8.78 Å². The lowest BCUT2D eigenvalue weighted by Crippen LogP contribution is -2.30. The summed E-state index contributed by atoms with van der Waals surface area (Å²) in [6, 6.07) is 1.05. The molecule has 3 N–H and O–H groups in total. The average molecular weight is 290 g/mol. The number of benzene rings is 1. The molecule has 1 rings (SSSR count). The zero-order valence-corrected chi connectivity index (χ0v) is 10.3. The minimum absolute atomic E-state index is 0.0523. The Bertz CT molecular complexity index is 508. The summed E-state index contributed by atoms with van der Waals surface area (Å²) in [4.78, 5) is 21.8. The van der Waals surface area contributed by atoms with E-state index in [0.717, 1.165) is 0 Å². The molecule has 0 heterocycles. The molecule has 0 aliphatic heterocycles. The second-order valence-electron chi connectivity index (χ2n) is 3.81. The van der Waals surface area contributed by atoms with Crippen LogP contribution in [0, 0.1) is 11.6 Å². The molecule has 0 aromatic heterocycles. The molecule has 0 fully saturated rings. The maximum atomic E-state index is 13.4. The van der Waals surface area contributed by atoms with Gasteiger partial charge in [-0.2, -0.15) is 0 Å². The molecule has 0 amide bonds. The maximum absolute atomic E-state index is 13.4. The minimum Gasteiger partial charge on any atom is -0.477 e. The molecule has 1 aromatic rings. The van der Waals surface area contributed by atoms with Gasteiger partial charge in [0.2, 0.25) is 0 Å². The van der Waals surface area contributed by atoms with Gasteiger partial charge < -0.3 is 20.1 Å². The number of hydrogen-bond donors (Lipinski definition) is 3. The van der Waals surface area contributed by atoms with Gasteiger partial charge in [-0.25, -0.2) is 18.4 Å². The van der Waals surface area contributed by atoms with Crippen molar-refractivity contribution in [3.63, 3.8) is 0 Å². The van der Waals surface area contributed by atoms with E-state index in [4.69, 9.17) is 5.11 Å². The van der Waals surface area contributed by atoms with Gasteiger partial charge in [0.1, 0.15) is 23.3 Å². The van der Waals surface area contributed by atoms with Gasteiger partial charge in [0.25, 0.3) is 0 Å². The Hall–Kier alpha value is -2.06. The molecule has 20 heavy (non-hydrogen) atoms. The summed E-state index contributed by atoms with van der Waals surface area (Å²) >= 11 is 0. The van der Waals surface area contributed by atoms with Crippen LogP contribution in [0.15, 0.2) is 12.1 Å². The Morgan fingerprint density at radius 1 is 1.25 bits per heavy atom. The lowest BCUT2D eigenvalue weighted by molar-refractivity contribution is -0.159. The number of hydrogen-bond acceptors (Lipinski definition) is 5. The van der Waals surface area contributed by atoms with Gasteiger partial charge in [-0.3, -0.25) is 0 Å². The topological polar surface area (TPSA) is 104 Å². The van der Waals surface area contributed by atoms with Crippen LogP contribution in [0.25, 0.3) is 0 Å². The summed E-state index contributed by atoms with van der Waals surface area (Å²) in [5.74, 6) is -5.83. The van der Waals surface area contributed by atoms with Gasteiger partial charge in [0, 0.05) is 0 Å². The van der Waals surface area contributed by atoms with Crippen molar-refractivity contribution < 1.29 is 38.4 Å². The molecule has 6 nitrogen and oxygen atoms in total. The second kappa shape index (κ2) is 6.40.